The van der Waals surface area contributed by atoms with Gasteiger partial charge in [0, 0.05) is 37.5 Å². The summed E-state index contributed by atoms with van der Waals surface area (Å²) < 4.78 is 34.7. The maximum absolute atomic E-state index is 12.5. The van der Waals surface area contributed by atoms with Crippen molar-refractivity contribution >= 4 is 17.9 Å². The number of esters is 2. The molecule has 0 radical (unpaired) electrons. The lowest BCUT2D eigenvalue weighted by molar-refractivity contribution is -0.338. The average molecular weight is 563 g/mol. The Morgan fingerprint density at radius 2 is 1.82 bits per heavy atom. The third-order valence-electron chi connectivity index (χ3n) is 7.00. The van der Waals surface area contributed by atoms with Gasteiger partial charge in [0.05, 0.1) is 33.0 Å². The van der Waals surface area contributed by atoms with Gasteiger partial charge in [-0.05, 0) is 36.1 Å². The molecule has 0 aliphatic carbocycles. The first-order valence-electron chi connectivity index (χ1n) is 13.3. The van der Waals surface area contributed by atoms with Gasteiger partial charge in [0.1, 0.15) is 5.75 Å². The van der Waals surface area contributed by atoms with Crippen molar-refractivity contribution in [2.24, 2.45) is 5.41 Å². The summed E-state index contributed by atoms with van der Waals surface area (Å²) in [4.78, 5) is 36.3. The summed E-state index contributed by atoms with van der Waals surface area (Å²) in [6.45, 7) is 7.46. The Morgan fingerprint density at radius 3 is 2.35 bits per heavy atom. The highest BCUT2D eigenvalue weighted by molar-refractivity contribution is 5.83. The molecule has 1 saturated heterocycles. The van der Waals surface area contributed by atoms with Gasteiger partial charge in [0.25, 0.3) is 0 Å². The molecule has 1 heterocycles. The minimum absolute atomic E-state index is 0.0771. The van der Waals surface area contributed by atoms with Crippen LogP contribution in [0.1, 0.15) is 58.9 Å². The smallest absolute Gasteiger partial charge is 0.330 e. The lowest BCUT2D eigenvalue weighted by Crippen LogP contribution is -2.63. The molecule has 0 amide bonds. The van der Waals surface area contributed by atoms with Crippen molar-refractivity contribution in [2.45, 2.75) is 84.1 Å². The minimum atomic E-state index is -1.67. The first kappa shape index (κ1) is 33.0. The summed E-state index contributed by atoms with van der Waals surface area (Å²) in [5.41, 5.74) is 0.291. The number of methoxy groups -OCH3 is 3. The Kier molecular flexibility index (Phi) is 12.4. The molecule has 4 atom stereocenters. The zero-order chi connectivity index (χ0) is 29.9. The molecule has 1 fully saturated rings. The zero-order valence-electron chi connectivity index (χ0n) is 24.4. The molecule has 1 aliphatic heterocycles. The molecule has 10 nitrogen and oxygen atoms in total. The lowest BCUT2D eigenvalue weighted by Gasteiger charge is -2.53. The standard InChI is InChI=1S/C30H42O10/c1-8-22(38-19-20-10-12-23(35-5)13-11-20)18-24-16-21(17-27(34)36-6)28(39-26(33)9-2)30(37-7,40-24)29(3,4)15-14-25(31)32/h10-15,17,22,24,28H,8-9,16,18-19H2,1-7H3,(H,31,32)/t22-,24-,28-,30+/m0/s1. The van der Waals surface area contributed by atoms with E-state index >= 15 is 0 Å². The van der Waals surface area contributed by atoms with E-state index in [-0.39, 0.29) is 18.9 Å². The van der Waals surface area contributed by atoms with Crippen molar-refractivity contribution in [1.82, 2.24) is 0 Å². The van der Waals surface area contributed by atoms with Crippen LogP contribution in [-0.4, -0.2) is 68.4 Å². The SMILES string of the molecule is CCC(=O)O[C@H]1C(=CC(=O)OC)C[C@@H](C[C@H](CC)OCc2ccc(OC)cc2)O[C@@]1(OC)C(C)(C)C=CC(=O)O. The number of ether oxygens (including phenoxy) is 6. The van der Waals surface area contributed by atoms with Crippen LogP contribution in [0.15, 0.2) is 48.1 Å². The van der Waals surface area contributed by atoms with Crippen LogP contribution in [0.5, 0.6) is 5.75 Å². The van der Waals surface area contributed by atoms with Gasteiger partial charge in [-0.15, -0.1) is 0 Å². The van der Waals surface area contributed by atoms with E-state index in [1.807, 2.05) is 31.2 Å². The van der Waals surface area contributed by atoms with E-state index in [0.29, 0.717) is 25.0 Å². The van der Waals surface area contributed by atoms with Gasteiger partial charge in [0.2, 0.25) is 5.79 Å². The second kappa shape index (κ2) is 15.0. The Labute approximate surface area is 236 Å². The van der Waals surface area contributed by atoms with Crippen molar-refractivity contribution in [3.8, 4) is 5.75 Å². The Balaban J connectivity index is 2.46. The van der Waals surface area contributed by atoms with E-state index in [1.54, 1.807) is 27.9 Å². The van der Waals surface area contributed by atoms with Crippen molar-refractivity contribution in [1.29, 1.82) is 0 Å². The number of rotatable bonds is 14. The Hall–Kier alpha value is -3.21. The molecule has 2 rings (SSSR count). The van der Waals surface area contributed by atoms with Gasteiger partial charge < -0.3 is 33.5 Å². The van der Waals surface area contributed by atoms with Crippen molar-refractivity contribution < 1.29 is 47.9 Å². The number of hydrogen-bond acceptors (Lipinski definition) is 9. The summed E-state index contributed by atoms with van der Waals surface area (Å²) in [6.07, 6.45) is 3.26. The fourth-order valence-corrected chi connectivity index (χ4v) is 4.69. The van der Waals surface area contributed by atoms with Crippen molar-refractivity contribution in [3.05, 3.63) is 53.6 Å². The van der Waals surface area contributed by atoms with E-state index in [2.05, 4.69) is 0 Å². The Morgan fingerprint density at radius 1 is 1.15 bits per heavy atom. The second-order valence-electron chi connectivity index (χ2n) is 10.1. The number of carboxylic acids is 1. The molecule has 40 heavy (non-hydrogen) atoms. The predicted molar refractivity (Wildman–Crippen MR) is 147 cm³/mol. The van der Waals surface area contributed by atoms with Gasteiger partial charge in [-0.3, -0.25) is 4.79 Å². The highest BCUT2D eigenvalue weighted by Gasteiger charge is 2.59. The van der Waals surface area contributed by atoms with Gasteiger partial charge in [0.15, 0.2) is 6.10 Å². The van der Waals surface area contributed by atoms with Crippen LogP contribution < -0.4 is 4.74 Å². The summed E-state index contributed by atoms with van der Waals surface area (Å²) in [7, 11) is 4.27. The van der Waals surface area contributed by atoms with Gasteiger partial charge in [-0.2, -0.15) is 0 Å². The largest absolute Gasteiger partial charge is 0.497 e. The summed E-state index contributed by atoms with van der Waals surface area (Å²) in [6, 6.07) is 7.59. The molecule has 0 bridgehead atoms. The molecule has 0 unspecified atom stereocenters. The normalized spacial score (nSPS) is 23.1. The molecular weight excluding hydrogens is 520 g/mol. The zero-order valence-corrected chi connectivity index (χ0v) is 24.4. The molecule has 0 aromatic heterocycles. The second-order valence-corrected chi connectivity index (χ2v) is 10.1. The van der Waals surface area contributed by atoms with Crippen LogP contribution in [0, 0.1) is 5.41 Å². The monoisotopic (exact) mass is 562 g/mol. The predicted octanol–water partition coefficient (Wildman–Crippen LogP) is 4.60. The van der Waals surface area contributed by atoms with Crippen LogP contribution in [0.4, 0.5) is 0 Å². The van der Waals surface area contributed by atoms with E-state index in [0.717, 1.165) is 17.4 Å². The number of aliphatic carboxylic acids is 1. The number of benzene rings is 1. The van der Waals surface area contributed by atoms with Crippen LogP contribution in [0.2, 0.25) is 0 Å². The van der Waals surface area contributed by atoms with Crippen molar-refractivity contribution in [3.63, 3.8) is 0 Å². The van der Waals surface area contributed by atoms with Crippen LogP contribution >= 0.6 is 0 Å². The summed E-state index contributed by atoms with van der Waals surface area (Å²) in [5, 5.41) is 9.32. The molecule has 222 valence electrons. The highest BCUT2D eigenvalue weighted by Crippen LogP contribution is 2.48. The van der Waals surface area contributed by atoms with Crippen LogP contribution in [0.3, 0.4) is 0 Å². The van der Waals surface area contributed by atoms with Gasteiger partial charge >= 0.3 is 17.9 Å². The average Bonchev–Trinajstić information content (AvgIpc) is 2.95. The molecule has 0 saturated carbocycles. The van der Waals surface area contributed by atoms with Crippen molar-refractivity contribution in [2.75, 3.05) is 21.3 Å². The first-order chi connectivity index (χ1) is 18.9. The molecule has 1 N–H and O–H groups in total. The number of carbonyl (C=O) groups is 3. The maximum atomic E-state index is 12.5. The van der Waals surface area contributed by atoms with E-state index in [9.17, 15) is 19.5 Å². The molecule has 1 aromatic carbocycles. The van der Waals surface area contributed by atoms with Crippen LogP contribution in [-0.2, 0) is 44.7 Å². The molecule has 1 aliphatic rings. The van der Waals surface area contributed by atoms with Crippen LogP contribution in [0.25, 0.3) is 0 Å². The van der Waals surface area contributed by atoms with E-state index in [4.69, 9.17) is 28.4 Å². The third-order valence-corrected chi connectivity index (χ3v) is 7.00. The minimum Gasteiger partial charge on any atom is -0.497 e. The fraction of sp³-hybridized carbons (Fsp3) is 0.567. The lowest BCUT2D eigenvalue weighted by atomic mass is 9.74. The van der Waals surface area contributed by atoms with E-state index < -0.39 is 41.3 Å². The molecule has 0 spiro atoms. The summed E-state index contributed by atoms with van der Waals surface area (Å²) in [5.74, 6) is -3.22. The molecular formula is C30H42O10. The quantitative estimate of drug-likeness (QED) is 0.254. The number of hydrogen-bond donors (Lipinski definition) is 1. The summed E-state index contributed by atoms with van der Waals surface area (Å²) >= 11 is 0. The number of carbonyl (C=O) groups excluding carboxylic acids is 2. The third kappa shape index (κ3) is 8.39. The highest BCUT2D eigenvalue weighted by atomic mass is 16.7. The van der Waals surface area contributed by atoms with Gasteiger partial charge in [-0.1, -0.05) is 45.9 Å². The first-order valence-corrected chi connectivity index (χ1v) is 13.3. The molecule has 1 aromatic rings. The molecule has 10 heteroatoms. The maximum Gasteiger partial charge on any atom is 0.330 e. The number of carboxylic acid groups (broad SMARTS) is 1. The topological polar surface area (TPSA) is 127 Å². The fourth-order valence-electron chi connectivity index (χ4n) is 4.69. The van der Waals surface area contributed by atoms with E-state index in [1.165, 1.54) is 26.4 Å². The Bertz CT molecular complexity index is 1060. The van der Waals surface area contributed by atoms with Gasteiger partial charge in [-0.25, -0.2) is 9.59 Å².